The van der Waals surface area contributed by atoms with Gasteiger partial charge >= 0.3 is 0 Å². The van der Waals surface area contributed by atoms with Crippen LogP contribution in [0.4, 0.5) is 5.69 Å². The molecule has 1 heterocycles. The highest BCUT2D eigenvalue weighted by Crippen LogP contribution is 2.21. The Hall–Kier alpha value is -2.37. The van der Waals surface area contributed by atoms with Crippen LogP contribution in [0, 0.1) is 20.8 Å². The van der Waals surface area contributed by atoms with Crippen molar-refractivity contribution in [2.75, 3.05) is 25.0 Å². The molecule has 136 valence electrons. The Morgan fingerprint density at radius 3 is 2.40 bits per heavy atom. The average Bonchev–Trinajstić information content (AvgIpc) is 2.74. The summed E-state index contributed by atoms with van der Waals surface area (Å²) in [5.41, 5.74) is 3.91. The molecule has 1 aliphatic heterocycles. The number of hydrogen-bond donors (Lipinski definition) is 2. The molecule has 1 saturated heterocycles. The lowest BCUT2D eigenvalue weighted by atomic mass is 10.1. The monoisotopic (exact) mass is 345 g/mol. The van der Waals surface area contributed by atoms with Crippen LogP contribution in [0.3, 0.4) is 0 Å². The zero-order valence-electron chi connectivity index (χ0n) is 15.3. The van der Waals surface area contributed by atoms with Crippen molar-refractivity contribution in [1.29, 1.82) is 0 Å². The van der Waals surface area contributed by atoms with E-state index in [0.717, 1.165) is 41.6 Å². The summed E-state index contributed by atoms with van der Waals surface area (Å²) in [7, 11) is 0. The van der Waals surface area contributed by atoms with Gasteiger partial charge in [0.05, 0.1) is 13.1 Å². The first-order valence-corrected chi connectivity index (χ1v) is 8.79. The molecule has 0 spiro atoms. The normalized spacial score (nSPS) is 14.8. The number of aryl methyl sites for hydroxylation is 3. The summed E-state index contributed by atoms with van der Waals surface area (Å²) in [6.07, 6.45) is 3.32. The van der Waals surface area contributed by atoms with Crippen LogP contribution < -0.4 is 10.6 Å². The highest BCUT2D eigenvalue weighted by atomic mass is 16.2. The molecule has 1 aliphatic rings. The molecule has 3 amide bonds. The minimum atomic E-state index is -0.303. The molecule has 1 fully saturated rings. The number of carbonyl (C=O) groups is 3. The Balaban J connectivity index is 1.83. The molecule has 0 aromatic heterocycles. The third kappa shape index (κ3) is 5.59. The fourth-order valence-electron chi connectivity index (χ4n) is 3.17. The topological polar surface area (TPSA) is 78.5 Å². The predicted octanol–water partition coefficient (Wildman–Crippen LogP) is 2.07. The Bertz CT molecular complexity index is 647. The molecule has 1 aromatic rings. The van der Waals surface area contributed by atoms with Gasteiger partial charge in [-0.15, -0.1) is 0 Å². The van der Waals surface area contributed by atoms with E-state index >= 15 is 0 Å². The zero-order valence-corrected chi connectivity index (χ0v) is 15.3. The van der Waals surface area contributed by atoms with Gasteiger partial charge in [-0.05, 0) is 44.7 Å². The maximum atomic E-state index is 12.1. The summed E-state index contributed by atoms with van der Waals surface area (Å²) < 4.78 is 0. The lowest BCUT2D eigenvalue weighted by Gasteiger charge is -2.19. The molecule has 2 rings (SSSR count). The summed E-state index contributed by atoms with van der Waals surface area (Å²) in [5, 5.41) is 5.45. The number of nitrogens with zero attached hydrogens (tertiary/aromatic N) is 1. The highest BCUT2D eigenvalue weighted by Gasteiger charge is 2.19. The lowest BCUT2D eigenvalue weighted by Crippen LogP contribution is -2.42. The van der Waals surface area contributed by atoms with Gasteiger partial charge in [0.1, 0.15) is 0 Å². The molecule has 2 N–H and O–H groups in total. The van der Waals surface area contributed by atoms with Crippen molar-refractivity contribution in [1.82, 2.24) is 10.2 Å². The number of amides is 3. The van der Waals surface area contributed by atoms with E-state index < -0.39 is 0 Å². The van der Waals surface area contributed by atoms with Crippen LogP contribution in [0.5, 0.6) is 0 Å². The van der Waals surface area contributed by atoms with Crippen LogP contribution in [0.25, 0.3) is 0 Å². The van der Waals surface area contributed by atoms with Crippen LogP contribution in [0.15, 0.2) is 12.1 Å². The molecule has 0 bridgehead atoms. The van der Waals surface area contributed by atoms with E-state index in [9.17, 15) is 14.4 Å². The summed E-state index contributed by atoms with van der Waals surface area (Å²) in [6, 6.07) is 4.01. The van der Waals surface area contributed by atoms with E-state index in [1.54, 1.807) is 4.90 Å². The van der Waals surface area contributed by atoms with Crippen molar-refractivity contribution in [3.8, 4) is 0 Å². The van der Waals surface area contributed by atoms with Crippen LogP contribution in [-0.4, -0.2) is 42.3 Å². The van der Waals surface area contributed by atoms with Crippen molar-refractivity contribution >= 4 is 23.4 Å². The molecule has 0 saturated carbocycles. The number of likely N-dealkylation sites (tertiary alicyclic amines) is 1. The van der Waals surface area contributed by atoms with Crippen LogP contribution in [-0.2, 0) is 14.4 Å². The van der Waals surface area contributed by atoms with Crippen LogP contribution >= 0.6 is 0 Å². The first-order valence-electron chi connectivity index (χ1n) is 8.79. The summed E-state index contributed by atoms with van der Waals surface area (Å²) in [5.74, 6) is -0.559. The summed E-state index contributed by atoms with van der Waals surface area (Å²) in [4.78, 5) is 37.6. The molecule has 0 unspecified atom stereocenters. The van der Waals surface area contributed by atoms with Crippen molar-refractivity contribution in [2.24, 2.45) is 0 Å². The maximum absolute atomic E-state index is 12.1. The quantitative estimate of drug-likeness (QED) is 0.857. The average molecular weight is 345 g/mol. The van der Waals surface area contributed by atoms with Crippen molar-refractivity contribution in [3.05, 3.63) is 28.8 Å². The lowest BCUT2D eigenvalue weighted by molar-refractivity contribution is -0.135. The van der Waals surface area contributed by atoms with E-state index in [1.165, 1.54) is 0 Å². The Morgan fingerprint density at radius 2 is 1.72 bits per heavy atom. The zero-order chi connectivity index (χ0) is 18.4. The number of hydrogen-bond acceptors (Lipinski definition) is 3. The van der Waals surface area contributed by atoms with Gasteiger partial charge in [0.15, 0.2) is 0 Å². The van der Waals surface area contributed by atoms with Crippen molar-refractivity contribution in [3.63, 3.8) is 0 Å². The van der Waals surface area contributed by atoms with E-state index in [0.29, 0.717) is 13.0 Å². The molecular weight excluding hydrogens is 318 g/mol. The SMILES string of the molecule is Cc1cc(C)c(NC(=O)CNC(=O)CN2CCCCCC2=O)c(C)c1. The first-order chi connectivity index (χ1) is 11.9. The Kier molecular flexibility index (Phi) is 6.56. The highest BCUT2D eigenvalue weighted by molar-refractivity contribution is 5.96. The minimum Gasteiger partial charge on any atom is -0.345 e. The predicted molar refractivity (Wildman–Crippen MR) is 97.3 cm³/mol. The van der Waals surface area contributed by atoms with Gasteiger partial charge in [-0.1, -0.05) is 24.1 Å². The molecule has 0 aliphatic carbocycles. The standard InChI is InChI=1S/C19H27N3O3/c1-13-9-14(2)19(15(3)10-13)21-16(23)11-20-17(24)12-22-8-6-4-5-7-18(22)25/h9-10H,4-8,11-12H2,1-3H3,(H,20,24)(H,21,23). The first kappa shape index (κ1) is 19.0. The maximum Gasteiger partial charge on any atom is 0.243 e. The second kappa shape index (κ2) is 8.65. The summed E-state index contributed by atoms with van der Waals surface area (Å²) >= 11 is 0. The molecule has 25 heavy (non-hydrogen) atoms. The number of benzene rings is 1. The molecule has 1 aromatic carbocycles. The van der Waals surface area contributed by atoms with Crippen LogP contribution in [0.2, 0.25) is 0 Å². The Morgan fingerprint density at radius 1 is 1.04 bits per heavy atom. The minimum absolute atomic E-state index is 0.0167. The summed E-state index contributed by atoms with van der Waals surface area (Å²) in [6.45, 7) is 6.43. The van der Waals surface area contributed by atoms with Gasteiger partial charge in [0.25, 0.3) is 0 Å². The van der Waals surface area contributed by atoms with Gasteiger partial charge in [-0.3, -0.25) is 14.4 Å². The Labute approximate surface area is 149 Å². The molecule has 0 atom stereocenters. The van der Waals surface area contributed by atoms with Gasteiger partial charge in [0, 0.05) is 18.7 Å². The number of anilines is 1. The number of carbonyl (C=O) groups excluding carboxylic acids is 3. The van der Waals surface area contributed by atoms with Gasteiger partial charge < -0.3 is 15.5 Å². The molecule has 6 heteroatoms. The van der Waals surface area contributed by atoms with E-state index in [1.807, 2.05) is 32.9 Å². The number of nitrogens with one attached hydrogen (secondary N) is 2. The van der Waals surface area contributed by atoms with E-state index in [-0.39, 0.29) is 30.8 Å². The second-order valence-corrected chi connectivity index (χ2v) is 6.72. The third-order valence-electron chi connectivity index (χ3n) is 4.39. The molecule has 6 nitrogen and oxygen atoms in total. The van der Waals surface area contributed by atoms with Gasteiger partial charge in [0.2, 0.25) is 17.7 Å². The second-order valence-electron chi connectivity index (χ2n) is 6.72. The smallest absolute Gasteiger partial charge is 0.243 e. The van der Waals surface area contributed by atoms with Gasteiger partial charge in [-0.25, -0.2) is 0 Å². The fraction of sp³-hybridized carbons (Fsp3) is 0.526. The molecular formula is C19H27N3O3. The van der Waals surface area contributed by atoms with Crippen molar-refractivity contribution in [2.45, 2.75) is 46.5 Å². The van der Waals surface area contributed by atoms with Crippen LogP contribution in [0.1, 0.15) is 42.4 Å². The number of rotatable bonds is 5. The van der Waals surface area contributed by atoms with Gasteiger partial charge in [-0.2, -0.15) is 0 Å². The fourth-order valence-corrected chi connectivity index (χ4v) is 3.17. The largest absolute Gasteiger partial charge is 0.345 e. The third-order valence-corrected chi connectivity index (χ3v) is 4.39. The molecule has 0 radical (unpaired) electrons. The van der Waals surface area contributed by atoms with E-state index in [4.69, 9.17) is 0 Å². The van der Waals surface area contributed by atoms with E-state index in [2.05, 4.69) is 10.6 Å². The van der Waals surface area contributed by atoms with Crippen molar-refractivity contribution < 1.29 is 14.4 Å².